The van der Waals surface area contributed by atoms with E-state index in [1.165, 1.54) is 36.9 Å². The monoisotopic (exact) mass is 232 g/mol. The Hall–Kier alpha value is -0.860. The third-order valence-corrected chi connectivity index (χ3v) is 3.91. The van der Waals surface area contributed by atoms with Gasteiger partial charge >= 0.3 is 0 Å². The van der Waals surface area contributed by atoms with Gasteiger partial charge in [0, 0.05) is 18.6 Å². The van der Waals surface area contributed by atoms with Crippen molar-refractivity contribution in [2.45, 2.75) is 45.2 Å². The van der Waals surface area contributed by atoms with Crippen LogP contribution < -0.4 is 5.73 Å². The van der Waals surface area contributed by atoms with E-state index >= 15 is 0 Å². The lowest BCUT2D eigenvalue weighted by Gasteiger charge is -2.26. The van der Waals surface area contributed by atoms with Crippen molar-refractivity contribution < 1.29 is 0 Å². The minimum atomic E-state index is 0.155. The van der Waals surface area contributed by atoms with Crippen LogP contribution in [0, 0.1) is 6.92 Å². The predicted molar refractivity (Wildman–Crippen MR) is 73.0 cm³/mol. The normalized spacial score (nSPS) is 22.9. The molecular weight excluding hydrogens is 208 g/mol. The third kappa shape index (κ3) is 3.08. The van der Waals surface area contributed by atoms with E-state index in [1.54, 1.807) is 0 Å². The van der Waals surface area contributed by atoms with Crippen LogP contribution >= 0.6 is 0 Å². The molecule has 1 fully saturated rings. The summed E-state index contributed by atoms with van der Waals surface area (Å²) in [5, 5.41) is 0. The lowest BCUT2D eigenvalue weighted by molar-refractivity contribution is 0.234. The van der Waals surface area contributed by atoms with Crippen LogP contribution in [-0.2, 0) is 0 Å². The molecule has 1 aliphatic heterocycles. The smallest absolute Gasteiger partial charge is 0.0424 e. The maximum Gasteiger partial charge on any atom is 0.0424 e. The summed E-state index contributed by atoms with van der Waals surface area (Å²) in [6.07, 6.45) is 3.93. The Morgan fingerprint density at radius 3 is 2.71 bits per heavy atom. The van der Waals surface area contributed by atoms with Gasteiger partial charge in [-0.2, -0.15) is 0 Å². The van der Waals surface area contributed by atoms with Gasteiger partial charge in [-0.3, -0.25) is 4.90 Å². The molecule has 1 aromatic carbocycles. The fourth-order valence-electron chi connectivity index (χ4n) is 2.77. The SMILES string of the molecule is CCC1CCCN1CC(N)c1ccc(C)cc1. The van der Waals surface area contributed by atoms with Crippen molar-refractivity contribution in [2.24, 2.45) is 5.73 Å². The topological polar surface area (TPSA) is 29.3 Å². The van der Waals surface area contributed by atoms with Crippen LogP contribution in [0.15, 0.2) is 24.3 Å². The molecular formula is C15H24N2. The zero-order valence-electron chi connectivity index (χ0n) is 11.0. The fourth-order valence-corrected chi connectivity index (χ4v) is 2.77. The van der Waals surface area contributed by atoms with Gasteiger partial charge in [-0.25, -0.2) is 0 Å². The second-order valence-corrected chi connectivity index (χ2v) is 5.22. The zero-order valence-corrected chi connectivity index (χ0v) is 11.0. The molecule has 2 nitrogen and oxygen atoms in total. The van der Waals surface area contributed by atoms with E-state index in [0.717, 1.165) is 12.6 Å². The summed E-state index contributed by atoms with van der Waals surface area (Å²) in [6.45, 7) is 6.61. The van der Waals surface area contributed by atoms with Crippen LogP contribution in [0.1, 0.15) is 43.4 Å². The summed E-state index contributed by atoms with van der Waals surface area (Å²) < 4.78 is 0. The molecule has 2 atom stereocenters. The molecule has 94 valence electrons. The van der Waals surface area contributed by atoms with E-state index in [2.05, 4.69) is 43.0 Å². The largest absolute Gasteiger partial charge is 0.323 e. The molecule has 1 aromatic rings. The summed E-state index contributed by atoms with van der Waals surface area (Å²) in [5.41, 5.74) is 8.86. The highest BCUT2D eigenvalue weighted by Gasteiger charge is 2.24. The Labute approximate surface area is 105 Å². The van der Waals surface area contributed by atoms with Crippen LogP contribution in [0.5, 0.6) is 0 Å². The molecule has 0 aliphatic carbocycles. The predicted octanol–water partition coefficient (Wildman–Crippen LogP) is 2.87. The molecule has 0 aromatic heterocycles. The molecule has 2 N–H and O–H groups in total. The zero-order chi connectivity index (χ0) is 12.3. The lowest BCUT2D eigenvalue weighted by Crippen LogP contribution is -2.35. The Morgan fingerprint density at radius 2 is 2.06 bits per heavy atom. The number of nitrogens with two attached hydrogens (primary N) is 1. The summed E-state index contributed by atoms with van der Waals surface area (Å²) in [5.74, 6) is 0. The Morgan fingerprint density at radius 1 is 1.35 bits per heavy atom. The maximum atomic E-state index is 6.30. The van der Waals surface area contributed by atoms with Gasteiger partial charge in [0.15, 0.2) is 0 Å². The third-order valence-electron chi connectivity index (χ3n) is 3.91. The molecule has 1 saturated heterocycles. The molecule has 2 rings (SSSR count). The number of benzene rings is 1. The first-order valence-corrected chi connectivity index (χ1v) is 6.77. The molecule has 0 saturated carbocycles. The van der Waals surface area contributed by atoms with Gasteiger partial charge in [-0.15, -0.1) is 0 Å². The highest BCUT2D eigenvalue weighted by atomic mass is 15.2. The van der Waals surface area contributed by atoms with Crippen molar-refractivity contribution in [1.82, 2.24) is 4.90 Å². The second-order valence-electron chi connectivity index (χ2n) is 5.22. The Bertz CT molecular complexity index is 344. The first kappa shape index (κ1) is 12.6. The van der Waals surface area contributed by atoms with Gasteiger partial charge < -0.3 is 5.73 Å². The number of aryl methyl sites for hydroxylation is 1. The maximum absolute atomic E-state index is 6.30. The van der Waals surface area contributed by atoms with Crippen LogP contribution in [0.25, 0.3) is 0 Å². The minimum absolute atomic E-state index is 0.155. The first-order chi connectivity index (χ1) is 8.20. The van der Waals surface area contributed by atoms with Gasteiger partial charge in [0.25, 0.3) is 0 Å². The Balaban J connectivity index is 1.96. The van der Waals surface area contributed by atoms with Gasteiger partial charge in [-0.1, -0.05) is 36.8 Å². The number of nitrogens with zero attached hydrogens (tertiary/aromatic N) is 1. The van der Waals surface area contributed by atoms with Crippen molar-refractivity contribution in [2.75, 3.05) is 13.1 Å². The van der Waals surface area contributed by atoms with Crippen LogP contribution in [0.3, 0.4) is 0 Å². The molecule has 1 heterocycles. The van der Waals surface area contributed by atoms with Gasteiger partial charge in [0.1, 0.15) is 0 Å². The average molecular weight is 232 g/mol. The van der Waals surface area contributed by atoms with Crippen molar-refractivity contribution in [3.63, 3.8) is 0 Å². The molecule has 17 heavy (non-hydrogen) atoms. The quantitative estimate of drug-likeness (QED) is 0.865. The number of hydrogen-bond acceptors (Lipinski definition) is 2. The van der Waals surface area contributed by atoms with Gasteiger partial charge in [0.05, 0.1) is 0 Å². The number of rotatable bonds is 4. The molecule has 0 spiro atoms. The average Bonchev–Trinajstić information content (AvgIpc) is 2.77. The van der Waals surface area contributed by atoms with E-state index in [9.17, 15) is 0 Å². The highest BCUT2D eigenvalue weighted by molar-refractivity contribution is 5.24. The Kier molecular flexibility index (Phi) is 4.19. The van der Waals surface area contributed by atoms with Gasteiger partial charge in [-0.05, 0) is 38.3 Å². The summed E-state index contributed by atoms with van der Waals surface area (Å²) >= 11 is 0. The summed E-state index contributed by atoms with van der Waals surface area (Å²) in [7, 11) is 0. The number of hydrogen-bond donors (Lipinski definition) is 1. The number of likely N-dealkylation sites (tertiary alicyclic amines) is 1. The second kappa shape index (κ2) is 5.65. The van der Waals surface area contributed by atoms with Crippen molar-refractivity contribution >= 4 is 0 Å². The van der Waals surface area contributed by atoms with E-state index in [1.807, 2.05) is 0 Å². The standard InChI is InChI=1S/C15H24N2/c1-3-14-5-4-10-17(14)11-15(16)13-8-6-12(2)7-9-13/h6-9,14-15H,3-5,10-11,16H2,1-2H3. The van der Waals surface area contributed by atoms with E-state index in [4.69, 9.17) is 5.73 Å². The molecule has 0 amide bonds. The molecule has 0 bridgehead atoms. The molecule has 1 aliphatic rings. The minimum Gasteiger partial charge on any atom is -0.323 e. The summed E-state index contributed by atoms with van der Waals surface area (Å²) in [6, 6.07) is 9.54. The lowest BCUT2D eigenvalue weighted by atomic mass is 10.0. The first-order valence-electron chi connectivity index (χ1n) is 6.77. The van der Waals surface area contributed by atoms with Crippen molar-refractivity contribution in [3.05, 3.63) is 35.4 Å². The van der Waals surface area contributed by atoms with Crippen LogP contribution in [-0.4, -0.2) is 24.0 Å². The van der Waals surface area contributed by atoms with Crippen molar-refractivity contribution in [3.8, 4) is 0 Å². The molecule has 0 radical (unpaired) electrons. The molecule has 2 heteroatoms. The fraction of sp³-hybridized carbons (Fsp3) is 0.600. The highest BCUT2D eigenvalue weighted by Crippen LogP contribution is 2.22. The van der Waals surface area contributed by atoms with E-state index < -0.39 is 0 Å². The van der Waals surface area contributed by atoms with Crippen LogP contribution in [0.2, 0.25) is 0 Å². The van der Waals surface area contributed by atoms with E-state index in [-0.39, 0.29) is 6.04 Å². The molecule has 2 unspecified atom stereocenters. The van der Waals surface area contributed by atoms with Gasteiger partial charge in [0.2, 0.25) is 0 Å². The summed E-state index contributed by atoms with van der Waals surface area (Å²) in [4.78, 5) is 2.56. The van der Waals surface area contributed by atoms with E-state index in [0.29, 0.717) is 0 Å². The van der Waals surface area contributed by atoms with Crippen LogP contribution in [0.4, 0.5) is 0 Å². The van der Waals surface area contributed by atoms with Crippen molar-refractivity contribution in [1.29, 1.82) is 0 Å².